The third-order valence-corrected chi connectivity index (χ3v) is 6.48. The standard InChI is InChI=1S/C29H26O8/c1-32-19-7-4-17(5-8-19)22-16-37-29-20(28(22)31)9-11-24(33-2)27(29)21(15-26(30)34-3)18-6-10-23-25(14-18)36-13-12-35-23/h4-11,14,16,21H,12-13,15H2,1-3H3. The summed E-state index contributed by atoms with van der Waals surface area (Å²) in [5.74, 6) is 1.42. The van der Waals surface area contributed by atoms with Crippen LogP contribution in [0.5, 0.6) is 23.0 Å². The highest BCUT2D eigenvalue weighted by Gasteiger charge is 2.28. The number of carbonyl (C=O) groups excluding carboxylic acids is 1. The number of ether oxygens (including phenoxy) is 5. The molecule has 0 aliphatic carbocycles. The minimum atomic E-state index is -0.545. The van der Waals surface area contributed by atoms with E-state index in [0.29, 0.717) is 63.9 Å². The van der Waals surface area contributed by atoms with Gasteiger partial charge in [-0.05, 0) is 47.5 Å². The molecule has 3 aromatic carbocycles. The van der Waals surface area contributed by atoms with Crippen LogP contribution in [0.1, 0.15) is 23.5 Å². The summed E-state index contributed by atoms with van der Waals surface area (Å²) in [5.41, 5.74) is 2.59. The SMILES string of the molecule is COC(=O)CC(c1ccc2c(c1)OCCO2)c1c(OC)ccc2c(=O)c(-c3ccc(OC)cc3)coc12. The number of methoxy groups -OCH3 is 3. The second kappa shape index (κ2) is 10.3. The van der Waals surface area contributed by atoms with Crippen molar-refractivity contribution in [3.63, 3.8) is 0 Å². The van der Waals surface area contributed by atoms with Crippen LogP contribution in [0.25, 0.3) is 22.1 Å². The molecule has 1 aliphatic rings. The molecule has 4 aromatic rings. The van der Waals surface area contributed by atoms with Crippen LogP contribution in [0, 0.1) is 0 Å². The van der Waals surface area contributed by atoms with Gasteiger partial charge in [0, 0.05) is 11.5 Å². The van der Waals surface area contributed by atoms with E-state index in [2.05, 4.69) is 0 Å². The lowest BCUT2D eigenvalue weighted by Crippen LogP contribution is -2.17. The van der Waals surface area contributed by atoms with Gasteiger partial charge in [0.25, 0.3) is 0 Å². The number of carbonyl (C=O) groups is 1. The minimum absolute atomic E-state index is 0.00441. The van der Waals surface area contributed by atoms with Crippen molar-refractivity contribution in [1.29, 1.82) is 0 Å². The molecule has 190 valence electrons. The Morgan fingerprint density at radius 1 is 0.919 bits per heavy atom. The van der Waals surface area contributed by atoms with Crippen LogP contribution in [-0.4, -0.2) is 40.5 Å². The maximum Gasteiger partial charge on any atom is 0.306 e. The van der Waals surface area contributed by atoms with Gasteiger partial charge in [0.05, 0.1) is 38.7 Å². The van der Waals surface area contributed by atoms with Crippen molar-refractivity contribution in [3.05, 3.63) is 82.2 Å². The van der Waals surface area contributed by atoms with E-state index < -0.39 is 11.9 Å². The molecule has 1 unspecified atom stereocenters. The molecule has 0 fully saturated rings. The van der Waals surface area contributed by atoms with Crippen molar-refractivity contribution in [2.75, 3.05) is 34.5 Å². The number of esters is 1. The van der Waals surface area contributed by atoms with Crippen LogP contribution < -0.4 is 24.4 Å². The molecular formula is C29H26O8. The molecular weight excluding hydrogens is 476 g/mol. The van der Waals surface area contributed by atoms with Crippen LogP contribution in [0.3, 0.4) is 0 Å². The first-order chi connectivity index (χ1) is 18.0. The van der Waals surface area contributed by atoms with Crippen molar-refractivity contribution in [2.24, 2.45) is 0 Å². The van der Waals surface area contributed by atoms with Crippen molar-refractivity contribution < 1.29 is 32.9 Å². The maximum atomic E-state index is 13.6. The quantitative estimate of drug-likeness (QED) is 0.328. The van der Waals surface area contributed by atoms with E-state index >= 15 is 0 Å². The van der Waals surface area contributed by atoms with E-state index in [9.17, 15) is 9.59 Å². The Bertz CT molecular complexity index is 1500. The highest BCUT2D eigenvalue weighted by molar-refractivity contribution is 5.87. The van der Waals surface area contributed by atoms with E-state index in [1.807, 2.05) is 18.2 Å². The van der Waals surface area contributed by atoms with Crippen LogP contribution in [-0.2, 0) is 9.53 Å². The summed E-state index contributed by atoms with van der Waals surface area (Å²) in [6.45, 7) is 0.898. The highest BCUT2D eigenvalue weighted by Crippen LogP contribution is 2.42. The van der Waals surface area contributed by atoms with Gasteiger partial charge in [0.1, 0.15) is 36.6 Å². The van der Waals surface area contributed by atoms with Gasteiger partial charge in [0.15, 0.2) is 11.5 Å². The molecule has 0 saturated heterocycles. The van der Waals surface area contributed by atoms with Gasteiger partial charge in [-0.25, -0.2) is 0 Å². The Morgan fingerprint density at radius 2 is 1.68 bits per heavy atom. The van der Waals surface area contributed by atoms with Crippen molar-refractivity contribution in [1.82, 2.24) is 0 Å². The molecule has 0 bridgehead atoms. The van der Waals surface area contributed by atoms with Crippen molar-refractivity contribution >= 4 is 16.9 Å². The molecule has 37 heavy (non-hydrogen) atoms. The van der Waals surface area contributed by atoms with E-state index in [0.717, 1.165) is 5.56 Å². The molecule has 1 atom stereocenters. The zero-order valence-electron chi connectivity index (χ0n) is 20.7. The van der Waals surface area contributed by atoms with E-state index in [4.69, 9.17) is 28.1 Å². The zero-order valence-corrected chi connectivity index (χ0v) is 20.7. The van der Waals surface area contributed by atoms with Crippen LogP contribution in [0.4, 0.5) is 0 Å². The summed E-state index contributed by atoms with van der Waals surface area (Å²) in [7, 11) is 4.46. The smallest absolute Gasteiger partial charge is 0.306 e. The van der Waals surface area contributed by atoms with E-state index in [-0.39, 0.29) is 11.8 Å². The lowest BCUT2D eigenvalue weighted by Gasteiger charge is -2.23. The van der Waals surface area contributed by atoms with E-state index in [1.165, 1.54) is 20.5 Å². The van der Waals surface area contributed by atoms with Crippen molar-refractivity contribution in [3.8, 4) is 34.1 Å². The Morgan fingerprint density at radius 3 is 2.38 bits per heavy atom. The molecule has 1 aromatic heterocycles. The second-order valence-corrected chi connectivity index (χ2v) is 8.50. The summed E-state index contributed by atoms with van der Waals surface area (Å²) in [6.07, 6.45) is 1.43. The summed E-state index contributed by atoms with van der Waals surface area (Å²) in [4.78, 5) is 26.1. The fraction of sp³-hybridized carbons (Fsp3) is 0.241. The first-order valence-electron chi connectivity index (χ1n) is 11.8. The number of benzene rings is 3. The predicted octanol–water partition coefficient (Wildman–Crippen LogP) is 4.94. The van der Waals surface area contributed by atoms with Crippen molar-refractivity contribution in [2.45, 2.75) is 12.3 Å². The minimum Gasteiger partial charge on any atom is -0.497 e. The molecule has 5 rings (SSSR count). The van der Waals surface area contributed by atoms with Gasteiger partial charge in [-0.2, -0.15) is 0 Å². The van der Waals surface area contributed by atoms with Gasteiger partial charge in [-0.1, -0.05) is 18.2 Å². The number of fused-ring (bicyclic) bond motifs is 2. The number of hydrogen-bond donors (Lipinski definition) is 0. The summed E-state index contributed by atoms with van der Waals surface area (Å²) >= 11 is 0. The normalized spacial score (nSPS) is 13.2. The summed E-state index contributed by atoms with van der Waals surface area (Å²) in [5, 5.41) is 0.372. The lowest BCUT2D eigenvalue weighted by molar-refractivity contribution is -0.140. The third-order valence-electron chi connectivity index (χ3n) is 6.48. The first-order valence-corrected chi connectivity index (χ1v) is 11.8. The van der Waals surface area contributed by atoms with Gasteiger partial charge in [0.2, 0.25) is 5.43 Å². The molecule has 0 radical (unpaired) electrons. The number of hydrogen-bond acceptors (Lipinski definition) is 8. The topological polar surface area (TPSA) is 93.4 Å². The average molecular weight is 503 g/mol. The Kier molecular flexibility index (Phi) is 6.72. The predicted molar refractivity (Wildman–Crippen MR) is 137 cm³/mol. The molecule has 2 heterocycles. The number of rotatable bonds is 7. The van der Waals surface area contributed by atoms with Gasteiger partial charge in [-0.15, -0.1) is 0 Å². The fourth-order valence-electron chi connectivity index (χ4n) is 4.59. The van der Waals surface area contributed by atoms with Gasteiger partial charge < -0.3 is 28.1 Å². The van der Waals surface area contributed by atoms with E-state index in [1.54, 1.807) is 43.5 Å². The maximum absolute atomic E-state index is 13.6. The largest absolute Gasteiger partial charge is 0.497 e. The van der Waals surface area contributed by atoms with Gasteiger partial charge in [-0.3, -0.25) is 9.59 Å². The molecule has 0 spiro atoms. The van der Waals surface area contributed by atoms with Crippen LogP contribution in [0.2, 0.25) is 0 Å². The Balaban J connectivity index is 1.69. The zero-order chi connectivity index (χ0) is 25.9. The highest BCUT2D eigenvalue weighted by atomic mass is 16.6. The monoisotopic (exact) mass is 502 g/mol. The summed E-state index contributed by atoms with van der Waals surface area (Å²) < 4.78 is 33.5. The molecule has 8 heteroatoms. The molecule has 1 aliphatic heterocycles. The Hall–Kier alpha value is -4.46. The molecule has 0 amide bonds. The first kappa shape index (κ1) is 24.2. The molecule has 8 nitrogen and oxygen atoms in total. The molecule has 0 N–H and O–H groups in total. The van der Waals surface area contributed by atoms with Crippen LogP contribution >= 0.6 is 0 Å². The lowest BCUT2D eigenvalue weighted by atomic mass is 9.86. The summed E-state index contributed by atoms with van der Waals surface area (Å²) in [6, 6.07) is 16.1. The average Bonchev–Trinajstić information content (AvgIpc) is 2.95. The fourth-order valence-corrected chi connectivity index (χ4v) is 4.59. The van der Waals surface area contributed by atoms with Gasteiger partial charge >= 0.3 is 5.97 Å². The second-order valence-electron chi connectivity index (χ2n) is 8.50. The Labute approximate surface area is 213 Å². The third kappa shape index (κ3) is 4.58. The molecule has 0 saturated carbocycles. The van der Waals surface area contributed by atoms with Crippen LogP contribution in [0.15, 0.2) is 70.1 Å².